The molecule has 0 saturated carbocycles. The van der Waals surface area contributed by atoms with E-state index in [4.69, 9.17) is 21.1 Å². The van der Waals surface area contributed by atoms with Gasteiger partial charge in [-0.15, -0.1) is 17.9 Å². The molecule has 0 aliphatic carbocycles. The largest absolute Gasteiger partial charge is 0.497 e. The Bertz CT molecular complexity index is 958. The van der Waals surface area contributed by atoms with E-state index in [1.807, 2.05) is 18.2 Å². The summed E-state index contributed by atoms with van der Waals surface area (Å²) in [7, 11) is 1.59. The van der Waals surface area contributed by atoms with Gasteiger partial charge in [-0.1, -0.05) is 17.7 Å². The number of thiazole rings is 1. The molecule has 6 nitrogen and oxygen atoms in total. The first-order chi connectivity index (χ1) is 12.6. The van der Waals surface area contributed by atoms with Crippen LogP contribution >= 0.6 is 22.9 Å². The molecule has 1 N–H and O–H groups in total. The van der Waals surface area contributed by atoms with E-state index in [1.54, 1.807) is 24.6 Å². The number of rotatable bonds is 7. The van der Waals surface area contributed by atoms with Gasteiger partial charge >= 0.3 is 5.97 Å². The van der Waals surface area contributed by atoms with Crippen LogP contribution in [0.15, 0.2) is 42.3 Å². The minimum absolute atomic E-state index is 0.0135. The maximum Gasteiger partial charge on any atom is 0.358 e. The second-order valence-corrected chi connectivity index (χ2v) is 6.50. The van der Waals surface area contributed by atoms with Gasteiger partial charge in [-0.05, 0) is 18.2 Å². The summed E-state index contributed by atoms with van der Waals surface area (Å²) in [4.78, 5) is 20.7. The Morgan fingerprint density at radius 2 is 2.23 bits per heavy atom. The number of fused-ring (bicyclic) bond motifs is 1. The van der Waals surface area contributed by atoms with E-state index in [0.29, 0.717) is 28.5 Å². The third-order valence-corrected chi connectivity index (χ3v) is 4.65. The highest BCUT2D eigenvalue weighted by Crippen LogP contribution is 2.25. The van der Waals surface area contributed by atoms with Gasteiger partial charge in [0.15, 0.2) is 10.8 Å². The molecule has 2 aromatic heterocycles. The SMILES string of the molecule is C=CCNc1nc(C(=O)OCc2cc3ccc(OC)cc3nc2Cl)cs1. The highest BCUT2D eigenvalue weighted by Gasteiger charge is 2.14. The van der Waals surface area contributed by atoms with E-state index in [2.05, 4.69) is 21.9 Å². The lowest BCUT2D eigenvalue weighted by Gasteiger charge is -2.08. The van der Waals surface area contributed by atoms with Crippen LogP contribution in [0.1, 0.15) is 16.1 Å². The predicted molar refractivity (Wildman–Crippen MR) is 103 cm³/mol. The Balaban J connectivity index is 1.70. The maximum atomic E-state index is 12.2. The number of methoxy groups -OCH3 is 1. The van der Waals surface area contributed by atoms with Crippen LogP contribution in [0, 0.1) is 0 Å². The number of pyridine rings is 1. The predicted octanol–water partition coefficient (Wildman–Crippen LogP) is 4.31. The number of nitrogens with one attached hydrogen (secondary N) is 1. The van der Waals surface area contributed by atoms with E-state index >= 15 is 0 Å². The van der Waals surface area contributed by atoms with Crippen molar-refractivity contribution in [3.63, 3.8) is 0 Å². The molecule has 8 heteroatoms. The third-order valence-electron chi connectivity index (χ3n) is 3.52. The Morgan fingerprint density at radius 1 is 1.38 bits per heavy atom. The monoisotopic (exact) mass is 389 g/mol. The van der Waals surface area contributed by atoms with E-state index in [9.17, 15) is 4.79 Å². The average Bonchev–Trinajstić information content (AvgIpc) is 3.13. The number of esters is 1. The van der Waals surface area contributed by atoms with E-state index in [0.717, 1.165) is 5.39 Å². The molecule has 3 rings (SSSR count). The van der Waals surface area contributed by atoms with Crippen molar-refractivity contribution in [1.82, 2.24) is 9.97 Å². The number of halogens is 1. The number of hydrogen-bond acceptors (Lipinski definition) is 7. The molecule has 0 fully saturated rings. The fourth-order valence-electron chi connectivity index (χ4n) is 2.22. The quantitative estimate of drug-likeness (QED) is 0.369. The molecule has 26 heavy (non-hydrogen) atoms. The average molecular weight is 390 g/mol. The number of carbonyl (C=O) groups is 1. The summed E-state index contributed by atoms with van der Waals surface area (Å²) in [6.07, 6.45) is 1.71. The van der Waals surface area contributed by atoms with Gasteiger partial charge in [-0.25, -0.2) is 14.8 Å². The first-order valence-electron chi connectivity index (χ1n) is 7.71. The molecule has 0 spiro atoms. The maximum absolute atomic E-state index is 12.2. The number of aromatic nitrogens is 2. The number of anilines is 1. The summed E-state index contributed by atoms with van der Waals surface area (Å²) in [5, 5.41) is 6.46. The first kappa shape index (κ1) is 18.2. The van der Waals surface area contributed by atoms with Gasteiger partial charge in [0.2, 0.25) is 0 Å². The molecule has 0 aliphatic heterocycles. The Hall–Kier alpha value is -2.64. The fraction of sp³-hybridized carbons (Fsp3) is 0.167. The van der Waals surface area contributed by atoms with E-state index in [-0.39, 0.29) is 17.5 Å². The molecule has 0 bridgehead atoms. The van der Waals surface area contributed by atoms with Crippen molar-refractivity contribution in [2.45, 2.75) is 6.61 Å². The minimum Gasteiger partial charge on any atom is -0.497 e. The van der Waals surface area contributed by atoms with Crippen molar-refractivity contribution in [3.8, 4) is 5.75 Å². The van der Waals surface area contributed by atoms with Gasteiger partial charge in [-0.3, -0.25) is 0 Å². The zero-order valence-corrected chi connectivity index (χ0v) is 15.6. The van der Waals surface area contributed by atoms with Crippen molar-refractivity contribution in [2.24, 2.45) is 0 Å². The summed E-state index contributed by atoms with van der Waals surface area (Å²) >= 11 is 7.54. The summed E-state index contributed by atoms with van der Waals surface area (Å²) in [6, 6.07) is 7.35. The summed E-state index contributed by atoms with van der Waals surface area (Å²) in [5.41, 5.74) is 1.58. The molecule has 0 aliphatic rings. The minimum atomic E-state index is -0.515. The second-order valence-electron chi connectivity index (χ2n) is 5.28. The van der Waals surface area contributed by atoms with Crippen LogP contribution in [0.3, 0.4) is 0 Å². The van der Waals surface area contributed by atoms with Crippen LogP contribution in [0.5, 0.6) is 5.75 Å². The first-order valence-corrected chi connectivity index (χ1v) is 8.97. The van der Waals surface area contributed by atoms with Crippen LogP contribution in [-0.2, 0) is 11.3 Å². The van der Waals surface area contributed by atoms with Crippen molar-refractivity contribution >= 4 is 44.9 Å². The number of nitrogens with zero attached hydrogens (tertiary/aromatic N) is 2. The summed E-state index contributed by atoms with van der Waals surface area (Å²) in [5.74, 6) is 0.184. The lowest BCUT2D eigenvalue weighted by molar-refractivity contribution is 0.0467. The van der Waals surface area contributed by atoms with Crippen molar-refractivity contribution in [3.05, 3.63) is 58.7 Å². The molecule has 0 amide bonds. The molecule has 2 heterocycles. The van der Waals surface area contributed by atoms with Crippen LogP contribution in [0.2, 0.25) is 5.15 Å². The third kappa shape index (κ3) is 4.12. The number of carbonyl (C=O) groups excluding carboxylic acids is 1. The van der Waals surface area contributed by atoms with Gasteiger partial charge < -0.3 is 14.8 Å². The van der Waals surface area contributed by atoms with Gasteiger partial charge in [0, 0.05) is 28.9 Å². The summed E-state index contributed by atoms with van der Waals surface area (Å²) in [6.45, 7) is 4.21. The van der Waals surface area contributed by atoms with Crippen molar-refractivity contribution in [2.75, 3.05) is 19.0 Å². The number of benzene rings is 1. The topological polar surface area (TPSA) is 73.3 Å². The number of ether oxygens (including phenoxy) is 2. The van der Waals surface area contributed by atoms with Crippen LogP contribution < -0.4 is 10.1 Å². The standard InChI is InChI=1S/C18H16ClN3O3S/c1-3-6-20-18-22-15(10-26-18)17(23)25-9-12-7-11-4-5-13(24-2)8-14(11)21-16(12)19/h3-5,7-8,10H,1,6,9H2,2H3,(H,20,22). The molecule has 134 valence electrons. The lowest BCUT2D eigenvalue weighted by atomic mass is 10.1. The molecule has 0 saturated heterocycles. The molecule has 3 aromatic rings. The molecular formula is C18H16ClN3O3S. The molecule has 0 radical (unpaired) electrons. The lowest BCUT2D eigenvalue weighted by Crippen LogP contribution is -2.07. The Labute approximate surface area is 159 Å². The molecule has 0 atom stereocenters. The van der Waals surface area contributed by atoms with Crippen LogP contribution in [0.25, 0.3) is 10.9 Å². The highest BCUT2D eigenvalue weighted by molar-refractivity contribution is 7.13. The van der Waals surface area contributed by atoms with Gasteiger partial charge in [0.25, 0.3) is 0 Å². The molecular weight excluding hydrogens is 374 g/mol. The Kier molecular flexibility index (Phi) is 5.70. The van der Waals surface area contributed by atoms with Crippen molar-refractivity contribution < 1.29 is 14.3 Å². The Morgan fingerprint density at radius 3 is 3.00 bits per heavy atom. The zero-order valence-electron chi connectivity index (χ0n) is 14.0. The van der Waals surface area contributed by atoms with Gasteiger partial charge in [0.1, 0.15) is 17.5 Å². The molecule has 1 aromatic carbocycles. The fourth-order valence-corrected chi connectivity index (χ4v) is 3.11. The van der Waals surface area contributed by atoms with E-state index in [1.165, 1.54) is 11.3 Å². The number of hydrogen-bond donors (Lipinski definition) is 1. The van der Waals surface area contributed by atoms with Gasteiger partial charge in [0.05, 0.1) is 12.6 Å². The van der Waals surface area contributed by atoms with E-state index < -0.39 is 5.97 Å². The highest BCUT2D eigenvalue weighted by atomic mass is 35.5. The smallest absolute Gasteiger partial charge is 0.358 e. The van der Waals surface area contributed by atoms with Crippen LogP contribution in [0.4, 0.5) is 5.13 Å². The molecule has 0 unspecified atom stereocenters. The van der Waals surface area contributed by atoms with Crippen LogP contribution in [-0.4, -0.2) is 29.6 Å². The van der Waals surface area contributed by atoms with Gasteiger partial charge in [-0.2, -0.15) is 0 Å². The zero-order chi connectivity index (χ0) is 18.5. The van der Waals surface area contributed by atoms with Crippen molar-refractivity contribution in [1.29, 1.82) is 0 Å². The normalized spacial score (nSPS) is 10.5. The second kappa shape index (κ2) is 8.16. The summed E-state index contributed by atoms with van der Waals surface area (Å²) < 4.78 is 10.5.